The van der Waals surface area contributed by atoms with Crippen molar-refractivity contribution in [2.24, 2.45) is 0 Å². The number of rotatable bonds is 9. The predicted molar refractivity (Wildman–Crippen MR) is 94.4 cm³/mol. The fraction of sp³-hybridized carbons (Fsp3) is 0.611. The minimum absolute atomic E-state index is 0.229. The van der Waals surface area contributed by atoms with Crippen LogP contribution in [0.3, 0.4) is 0 Å². The maximum atomic E-state index is 12.1. The van der Waals surface area contributed by atoms with Gasteiger partial charge in [0.15, 0.2) is 5.60 Å². The molecule has 0 radical (unpaired) electrons. The normalized spacial score (nSPS) is 18.4. The van der Waals surface area contributed by atoms with E-state index in [0.29, 0.717) is 6.54 Å². The Hall–Kier alpha value is -2.39. The molecule has 2 rings (SSSR count). The summed E-state index contributed by atoms with van der Waals surface area (Å²) in [6.45, 7) is 4.73. The first kappa shape index (κ1) is 20.9. The lowest BCUT2D eigenvalue weighted by molar-refractivity contribution is -0.169. The first-order valence-corrected chi connectivity index (χ1v) is 8.99. The monoisotopic (exact) mass is 382 g/mol. The van der Waals surface area contributed by atoms with Gasteiger partial charge in [0.05, 0.1) is 12.8 Å². The number of aliphatic carboxylic acids is 2. The molecule has 0 amide bonds. The zero-order valence-corrected chi connectivity index (χ0v) is 15.3. The Morgan fingerprint density at radius 2 is 1.85 bits per heavy atom. The number of hydrogen-bond acceptors (Lipinski definition) is 6. The quantitative estimate of drug-likeness (QED) is 0.538. The summed E-state index contributed by atoms with van der Waals surface area (Å²) in [4.78, 5) is 36.4. The van der Waals surface area contributed by atoms with Crippen LogP contribution in [-0.4, -0.2) is 67.4 Å². The van der Waals surface area contributed by atoms with E-state index in [1.165, 1.54) is 6.42 Å². The summed E-state index contributed by atoms with van der Waals surface area (Å²) >= 11 is 0. The van der Waals surface area contributed by atoms with E-state index in [1.807, 2.05) is 0 Å². The zero-order valence-electron chi connectivity index (χ0n) is 15.3. The molecule has 1 aromatic heterocycles. The molecule has 2 heterocycles. The first-order chi connectivity index (χ1) is 12.7. The highest BCUT2D eigenvalue weighted by atomic mass is 16.5. The summed E-state index contributed by atoms with van der Waals surface area (Å²) in [5.41, 5.74) is -2.71. The molecular weight excluding hydrogens is 356 g/mol. The first-order valence-electron chi connectivity index (χ1n) is 8.99. The van der Waals surface area contributed by atoms with Crippen molar-refractivity contribution in [3.8, 4) is 5.88 Å². The molecule has 0 aliphatic carbocycles. The van der Waals surface area contributed by atoms with Crippen molar-refractivity contribution in [3.05, 3.63) is 18.3 Å². The van der Waals surface area contributed by atoms with Crippen LogP contribution in [-0.2, 0) is 20.9 Å². The maximum Gasteiger partial charge on any atom is 0.336 e. The predicted octanol–water partition coefficient (Wildman–Crippen LogP) is 0.948. The summed E-state index contributed by atoms with van der Waals surface area (Å²) in [5, 5.41) is 27.7. The van der Waals surface area contributed by atoms with Crippen LogP contribution in [0.4, 0.5) is 0 Å². The van der Waals surface area contributed by atoms with Gasteiger partial charge in [0.1, 0.15) is 0 Å². The van der Waals surface area contributed by atoms with Gasteiger partial charge in [-0.05, 0) is 38.9 Å². The van der Waals surface area contributed by atoms with Crippen LogP contribution in [0.2, 0.25) is 0 Å². The summed E-state index contributed by atoms with van der Waals surface area (Å²) in [6.07, 6.45) is 3.26. The number of piperidine rings is 1. The second-order valence-corrected chi connectivity index (χ2v) is 7.00. The molecule has 1 saturated heterocycles. The van der Waals surface area contributed by atoms with Crippen molar-refractivity contribution < 1.29 is 34.4 Å². The molecule has 0 saturated carbocycles. The van der Waals surface area contributed by atoms with E-state index in [1.54, 1.807) is 22.9 Å². The van der Waals surface area contributed by atoms with E-state index >= 15 is 0 Å². The topological polar surface area (TPSA) is 129 Å². The van der Waals surface area contributed by atoms with Crippen LogP contribution in [0.5, 0.6) is 5.88 Å². The highest BCUT2D eigenvalue weighted by Gasteiger charge is 2.41. The minimum atomic E-state index is -2.71. The fourth-order valence-corrected chi connectivity index (χ4v) is 3.26. The zero-order chi connectivity index (χ0) is 20.0. The summed E-state index contributed by atoms with van der Waals surface area (Å²) in [6, 6.07) is 3.50. The van der Waals surface area contributed by atoms with Gasteiger partial charge in [0.25, 0.3) is 0 Å². The Morgan fingerprint density at radius 1 is 1.19 bits per heavy atom. The molecule has 1 fully saturated rings. The smallest absolute Gasteiger partial charge is 0.336 e. The van der Waals surface area contributed by atoms with Gasteiger partial charge in [-0.1, -0.05) is 6.42 Å². The average Bonchev–Trinajstić information content (AvgIpc) is 3.01. The fourth-order valence-electron chi connectivity index (χ4n) is 3.26. The molecule has 1 aliphatic rings. The minimum Gasteiger partial charge on any atom is -0.481 e. The van der Waals surface area contributed by atoms with Crippen molar-refractivity contribution in [2.75, 3.05) is 13.1 Å². The molecule has 9 nitrogen and oxygen atoms in total. The van der Waals surface area contributed by atoms with Gasteiger partial charge in [0.2, 0.25) is 5.88 Å². The van der Waals surface area contributed by atoms with Crippen LogP contribution < -0.4 is 4.74 Å². The molecule has 1 aromatic rings. The van der Waals surface area contributed by atoms with Crippen molar-refractivity contribution >= 4 is 17.9 Å². The molecule has 150 valence electrons. The molecule has 1 aliphatic heterocycles. The van der Waals surface area contributed by atoms with E-state index < -0.39 is 36.4 Å². The number of carboxylic acid groups (broad SMARTS) is 2. The third-order valence-corrected chi connectivity index (χ3v) is 4.76. The lowest BCUT2D eigenvalue weighted by Crippen LogP contribution is -2.43. The van der Waals surface area contributed by atoms with Gasteiger partial charge < -0.3 is 24.6 Å². The number of ether oxygens (including phenoxy) is 1. The van der Waals surface area contributed by atoms with Crippen LogP contribution in [0.1, 0.15) is 39.0 Å². The maximum absolute atomic E-state index is 12.1. The third-order valence-electron chi connectivity index (χ3n) is 4.76. The lowest BCUT2D eigenvalue weighted by Gasteiger charge is -2.32. The molecule has 9 heteroatoms. The largest absolute Gasteiger partial charge is 0.481 e. The van der Waals surface area contributed by atoms with Gasteiger partial charge in [-0.2, -0.15) is 0 Å². The number of esters is 1. The summed E-state index contributed by atoms with van der Waals surface area (Å²) < 4.78 is 6.93. The molecule has 2 unspecified atom stereocenters. The van der Waals surface area contributed by atoms with Crippen LogP contribution in [0.15, 0.2) is 18.3 Å². The number of aromatic nitrogens is 1. The van der Waals surface area contributed by atoms with E-state index in [9.17, 15) is 19.5 Å². The number of aliphatic hydroxyl groups is 1. The van der Waals surface area contributed by atoms with E-state index in [4.69, 9.17) is 14.9 Å². The Balaban J connectivity index is 1.99. The van der Waals surface area contributed by atoms with Gasteiger partial charge in [-0.15, -0.1) is 0 Å². The number of hydrogen-bond donors (Lipinski definition) is 3. The molecule has 27 heavy (non-hydrogen) atoms. The number of carboxylic acids is 2. The molecule has 3 N–H and O–H groups in total. The number of carbonyl (C=O) groups is 3. The summed E-state index contributed by atoms with van der Waals surface area (Å²) in [7, 11) is 0. The van der Waals surface area contributed by atoms with Crippen molar-refractivity contribution in [3.63, 3.8) is 0 Å². The molecule has 0 spiro atoms. The average molecular weight is 382 g/mol. The van der Waals surface area contributed by atoms with E-state index in [2.05, 4.69) is 11.8 Å². The molecule has 0 aromatic carbocycles. The third kappa shape index (κ3) is 5.80. The van der Waals surface area contributed by atoms with E-state index in [0.717, 1.165) is 25.9 Å². The molecular formula is C18H26N2O7. The van der Waals surface area contributed by atoms with Crippen molar-refractivity contribution in [1.82, 2.24) is 9.47 Å². The Kier molecular flexibility index (Phi) is 6.98. The Bertz CT molecular complexity index is 681. The van der Waals surface area contributed by atoms with E-state index in [-0.39, 0.29) is 11.9 Å². The number of likely N-dealkylation sites (tertiary alicyclic amines) is 1. The van der Waals surface area contributed by atoms with Gasteiger partial charge in [-0.25, -0.2) is 4.79 Å². The SMILES string of the molecule is CC(Cn1cccc1OC(=O)CC(O)(CC(=O)O)C(=O)O)N1CCCCC1. The van der Waals surface area contributed by atoms with Gasteiger partial charge in [0, 0.05) is 24.8 Å². The van der Waals surface area contributed by atoms with Gasteiger partial charge in [-0.3, -0.25) is 14.5 Å². The van der Waals surface area contributed by atoms with Gasteiger partial charge >= 0.3 is 17.9 Å². The highest BCUT2D eigenvalue weighted by Crippen LogP contribution is 2.21. The van der Waals surface area contributed by atoms with Crippen LogP contribution >= 0.6 is 0 Å². The second-order valence-electron chi connectivity index (χ2n) is 7.00. The Morgan fingerprint density at radius 3 is 2.44 bits per heavy atom. The lowest BCUT2D eigenvalue weighted by atomic mass is 9.96. The van der Waals surface area contributed by atoms with Crippen molar-refractivity contribution in [1.29, 1.82) is 0 Å². The highest BCUT2D eigenvalue weighted by molar-refractivity contribution is 5.89. The van der Waals surface area contributed by atoms with Crippen molar-refractivity contribution in [2.45, 2.75) is 57.2 Å². The number of nitrogens with zero attached hydrogens (tertiary/aromatic N) is 2. The number of carbonyl (C=O) groups excluding carboxylic acids is 1. The summed E-state index contributed by atoms with van der Waals surface area (Å²) in [5.74, 6) is -4.08. The standard InChI is InChI=1S/C18H26N2O7/c1-13(19-7-3-2-4-8-19)12-20-9-5-6-14(20)27-16(23)11-18(26,17(24)25)10-15(21)22/h5-6,9,13,26H,2-4,7-8,10-12H2,1H3,(H,21,22)(H,24,25). The molecule has 0 bridgehead atoms. The second kappa shape index (κ2) is 9.01. The Labute approximate surface area is 157 Å². The van der Waals surface area contributed by atoms with Crippen LogP contribution in [0, 0.1) is 0 Å². The van der Waals surface area contributed by atoms with Crippen LogP contribution in [0.25, 0.3) is 0 Å². The molecule has 2 atom stereocenters.